The van der Waals surface area contributed by atoms with Gasteiger partial charge in [0.05, 0.1) is 5.69 Å². The van der Waals surface area contributed by atoms with E-state index in [0.29, 0.717) is 42.0 Å². The lowest BCUT2D eigenvalue weighted by Gasteiger charge is -2.18. The number of carbonyl (C=O) groups is 1. The van der Waals surface area contributed by atoms with E-state index in [9.17, 15) is 4.79 Å². The van der Waals surface area contributed by atoms with Crippen LogP contribution in [0, 0.1) is 24.7 Å². The number of imidazole rings is 1. The zero-order chi connectivity index (χ0) is 31.1. The molecule has 4 N–H and O–H groups in total. The molecule has 0 unspecified atom stereocenters. The number of anilines is 1. The number of methoxy groups -OCH3 is 1. The SMILES string of the molecule is CCOC.Cc1cc(C(=N)N)cc(C)c1CNc1cc(OCc2cn3cc(C4CC4)ccc3n2)nc(CC(C)(C)C=O)n1. The number of hydrogen-bond donors (Lipinski definition) is 3. The summed E-state index contributed by atoms with van der Waals surface area (Å²) in [5.74, 6) is 2.28. The predicted octanol–water partition coefficient (Wildman–Crippen LogP) is 5.51. The number of carbonyl (C=O) groups excluding carboxylic acids is 1. The normalized spacial score (nSPS) is 12.9. The molecule has 10 heteroatoms. The zero-order valence-corrected chi connectivity index (χ0v) is 26.0. The first-order valence-electron chi connectivity index (χ1n) is 14.6. The van der Waals surface area contributed by atoms with E-state index in [-0.39, 0.29) is 12.4 Å². The highest BCUT2D eigenvalue weighted by Crippen LogP contribution is 2.39. The lowest BCUT2D eigenvalue weighted by Crippen LogP contribution is -2.19. The summed E-state index contributed by atoms with van der Waals surface area (Å²) in [6.45, 7) is 11.3. The van der Waals surface area contributed by atoms with Gasteiger partial charge in [0, 0.05) is 56.1 Å². The van der Waals surface area contributed by atoms with Gasteiger partial charge in [0.2, 0.25) is 5.88 Å². The number of hydrogen-bond acceptors (Lipinski definition) is 8. The molecule has 0 spiro atoms. The van der Waals surface area contributed by atoms with Crippen LogP contribution < -0.4 is 15.8 Å². The minimum Gasteiger partial charge on any atom is -0.471 e. The van der Waals surface area contributed by atoms with Crippen molar-refractivity contribution in [3.63, 3.8) is 0 Å². The summed E-state index contributed by atoms with van der Waals surface area (Å²) in [5.41, 5.74) is 12.0. The van der Waals surface area contributed by atoms with Crippen molar-refractivity contribution in [2.24, 2.45) is 11.1 Å². The number of fused-ring (bicyclic) bond motifs is 1. The fraction of sp³-hybridized carbons (Fsp3) is 0.424. The second kappa shape index (κ2) is 13.8. The molecule has 1 aromatic carbocycles. The molecular formula is C33H43N7O3. The molecule has 0 amide bonds. The highest BCUT2D eigenvalue weighted by molar-refractivity contribution is 5.95. The Hall–Kier alpha value is -4.31. The average molecular weight is 586 g/mol. The molecule has 3 aromatic heterocycles. The van der Waals surface area contributed by atoms with E-state index < -0.39 is 5.41 Å². The summed E-state index contributed by atoms with van der Waals surface area (Å²) in [6.07, 6.45) is 7.97. The molecule has 1 fully saturated rings. The second-order valence-corrected chi connectivity index (χ2v) is 11.7. The van der Waals surface area contributed by atoms with Crippen LogP contribution in [-0.2, 0) is 29.1 Å². The van der Waals surface area contributed by atoms with Gasteiger partial charge in [-0.3, -0.25) is 5.41 Å². The number of benzene rings is 1. The Balaban J connectivity index is 0.000000996. The maximum Gasteiger partial charge on any atom is 0.219 e. The van der Waals surface area contributed by atoms with E-state index in [1.165, 1.54) is 18.4 Å². The summed E-state index contributed by atoms with van der Waals surface area (Å²) < 4.78 is 12.7. The Morgan fingerprint density at radius 1 is 1.14 bits per heavy atom. The minimum absolute atomic E-state index is 0.0506. The third-order valence-electron chi connectivity index (χ3n) is 7.36. The first-order chi connectivity index (χ1) is 20.5. The maximum atomic E-state index is 11.6. The van der Waals surface area contributed by atoms with Gasteiger partial charge in [-0.15, -0.1) is 0 Å². The standard InChI is InChI=1S/C30H35N7O2.C3H8O/c1-18-9-22(29(31)32)10-19(2)24(18)13-33-25-11-28(36-26(35-25)12-30(3,4)17-38)39-16-23-15-37-14-21(20-5-6-20)7-8-27(37)34-23;1-3-4-2/h7-11,14-15,17,20H,5-6,12-13,16H2,1-4H3,(H3,31,32)(H,33,35,36);3H2,1-2H3. The van der Waals surface area contributed by atoms with Crippen molar-refractivity contribution >= 4 is 23.6 Å². The van der Waals surface area contributed by atoms with Gasteiger partial charge in [0.25, 0.3) is 0 Å². The molecule has 0 atom stereocenters. The minimum atomic E-state index is -0.605. The summed E-state index contributed by atoms with van der Waals surface area (Å²) in [4.78, 5) is 25.6. The molecule has 228 valence electrons. The monoisotopic (exact) mass is 585 g/mol. The smallest absolute Gasteiger partial charge is 0.219 e. The van der Waals surface area contributed by atoms with Crippen molar-refractivity contribution in [1.82, 2.24) is 19.4 Å². The zero-order valence-electron chi connectivity index (χ0n) is 26.0. The number of nitrogen functional groups attached to an aromatic ring is 1. The van der Waals surface area contributed by atoms with Gasteiger partial charge in [-0.05, 0) is 80.0 Å². The molecule has 1 aliphatic rings. The van der Waals surface area contributed by atoms with Gasteiger partial charge in [-0.1, -0.05) is 19.9 Å². The van der Waals surface area contributed by atoms with Crippen molar-refractivity contribution in [3.8, 4) is 5.88 Å². The van der Waals surface area contributed by atoms with Crippen LogP contribution in [-0.4, -0.2) is 45.2 Å². The summed E-state index contributed by atoms with van der Waals surface area (Å²) in [7, 11) is 1.68. The van der Waals surface area contributed by atoms with E-state index >= 15 is 0 Å². The molecule has 5 rings (SSSR count). The number of nitrogens with zero attached hydrogens (tertiary/aromatic N) is 4. The van der Waals surface area contributed by atoms with Crippen LogP contribution in [0.1, 0.15) is 78.9 Å². The van der Waals surface area contributed by atoms with Crippen molar-refractivity contribution in [2.45, 2.75) is 73.0 Å². The molecule has 0 radical (unpaired) electrons. The molecule has 1 aliphatic carbocycles. The number of amidine groups is 1. The summed E-state index contributed by atoms with van der Waals surface area (Å²) in [5, 5.41) is 11.1. The molecule has 3 heterocycles. The maximum absolute atomic E-state index is 11.6. The van der Waals surface area contributed by atoms with Crippen LogP contribution >= 0.6 is 0 Å². The second-order valence-electron chi connectivity index (χ2n) is 11.7. The first kappa shape index (κ1) is 31.6. The van der Waals surface area contributed by atoms with E-state index in [0.717, 1.165) is 40.9 Å². The van der Waals surface area contributed by atoms with Gasteiger partial charge in [-0.25, -0.2) is 9.97 Å². The topological polar surface area (TPSA) is 141 Å². The average Bonchev–Trinajstić information content (AvgIpc) is 3.74. The quantitative estimate of drug-likeness (QED) is 0.112. The van der Waals surface area contributed by atoms with Gasteiger partial charge < -0.3 is 29.7 Å². The van der Waals surface area contributed by atoms with Gasteiger partial charge in [0.1, 0.15) is 36.0 Å². The van der Waals surface area contributed by atoms with Gasteiger partial charge in [0.15, 0.2) is 0 Å². The number of nitrogens with one attached hydrogen (secondary N) is 2. The van der Waals surface area contributed by atoms with Gasteiger partial charge in [-0.2, -0.15) is 4.98 Å². The molecular weight excluding hydrogens is 542 g/mol. The van der Waals surface area contributed by atoms with Crippen LogP contribution in [0.25, 0.3) is 5.65 Å². The van der Waals surface area contributed by atoms with Crippen LogP contribution in [0.2, 0.25) is 0 Å². The Morgan fingerprint density at radius 3 is 2.44 bits per heavy atom. The third-order valence-corrected chi connectivity index (χ3v) is 7.36. The molecule has 1 saturated carbocycles. The molecule has 10 nitrogen and oxygen atoms in total. The Kier molecular flexibility index (Phi) is 10.1. The summed E-state index contributed by atoms with van der Waals surface area (Å²) >= 11 is 0. The lowest BCUT2D eigenvalue weighted by atomic mass is 9.91. The molecule has 0 aliphatic heterocycles. The van der Waals surface area contributed by atoms with Crippen LogP contribution in [0.4, 0.5) is 5.82 Å². The number of aldehydes is 1. The van der Waals surface area contributed by atoms with Gasteiger partial charge >= 0.3 is 0 Å². The Labute approximate surface area is 253 Å². The number of ether oxygens (including phenoxy) is 2. The van der Waals surface area contributed by atoms with Crippen molar-refractivity contribution in [2.75, 3.05) is 19.0 Å². The highest BCUT2D eigenvalue weighted by Gasteiger charge is 2.24. The molecule has 43 heavy (non-hydrogen) atoms. The van der Waals surface area contributed by atoms with E-state index in [1.807, 2.05) is 52.9 Å². The number of pyridine rings is 1. The van der Waals surface area contributed by atoms with E-state index in [1.54, 1.807) is 13.2 Å². The van der Waals surface area contributed by atoms with Crippen molar-refractivity contribution in [3.05, 3.63) is 82.1 Å². The molecule has 0 bridgehead atoms. The largest absolute Gasteiger partial charge is 0.471 e. The molecule has 0 saturated heterocycles. The molecule has 4 aromatic rings. The highest BCUT2D eigenvalue weighted by atomic mass is 16.5. The number of aryl methyl sites for hydroxylation is 2. The van der Waals surface area contributed by atoms with Crippen LogP contribution in [0.5, 0.6) is 5.88 Å². The number of rotatable bonds is 12. The fourth-order valence-electron chi connectivity index (χ4n) is 4.71. The number of aromatic nitrogens is 4. The van der Waals surface area contributed by atoms with Crippen molar-refractivity contribution < 1.29 is 14.3 Å². The van der Waals surface area contributed by atoms with E-state index in [2.05, 4.69) is 47.7 Å². The third kappa shape index (κ3) is 8.61. The summed E-state index contributed by atoms with van der Waals surface area (Å²) in [6, 6.07) is 9.82. The Morgan fingerprint density at radius 2 is 1.84 bits per heavy atom. The van der Waals surface area contributed by atoms with Crippen LogP contribution in [0.3, 0.4) is 0 Å². The number of nitrogens with two attached hydrogens (primary N) is 1. The lowest BCUT2D eigenvalue weighted by molar-refractivity contribution is -0.114. The van der Waals surface area contributed by atoms with Crippen LogP contribution in [0.15, 0.2) is 42.7 Å². The predicted molar refractivity (Wildman–Crippen MR) is 169 cm³/mol. The Bertz CT molecular complexity index is 1570. The first-order valence-corrected chi connectivity index (χ1v) is 14.6. The van der Waals surface area contributed by atoms with Crippen molar-refractivity contribution in [1.29, 1.82) is 5.41 Å². The van der Waals surface area contributed by atoms with E-state index in [4.69, 9.17) is 15.9 Å². The fourth-order valence-corrected chi connectivity index (χ4v) is 4.71.